The Bertz CT molecular complexity index is 530. The van der Waals surface area contributed by atoms with Gasteiger partial charge in [-0.3, -0.25) is 0 Å². The molecule has 5 heteroatoms. The monoisotopic (exact) mass is 218 g/mol. The topological polar surface area (TPSA) is 65.4 Å². The number of rotatable bonds is 3. The number of ether oxygens (including phenoxy) is 1. The number of hydrogen-bond acceptors (Lipinski definition) is 4. The maximum absolute atomic E-state index is 5.77. The van der Waals surface area contributed by atoms with Crippen LogP contribution in [0.3, 0.4) is 0 Å². The number of hydrogen-bond donors (Lipinski definition) is 1. The zero-order valence-corrected chi connectivity index (χ0v) is 9.18. The molecule has 2 heterocycles. The smallest absolute Gasteiger partial charge is 0.198 e. The van der Waals surface area contributed by atoms with Gasteiger partial charge in [0, 0.05) is 18.2 Å². The first kappa shape index (κ1) is 9.59. The highest BCUT2D eigenvalue weighted by Gasteiger charge is 2.46. The van der Waals surface area contributed by atoms with Gasteiger partial charge in [0.25, 0.3) is 0 Å². The van der Waals surface area contributed by atoms with Gasteiger partial charge in [-0.15, -0.1) is 0 Å². The van der Waals surface area contributed by atoms with Crippen LogP contribution in [0.1, 0.15) is 18.7 Å². The normalized spacial score (nSPS) is 17.6. The van der Waals surface area contributed by atoms with Crippen molar-refractivity contribution in [2.75, 3.05) is 13.7 Å². The van der Waals surface area contributed by atoms with Gasteiger partial charge in [-0.05, 0) is 25.0 Å². The molecule has 2 N–H and O–H groups in total. The van der Waals surface area contributed by atoms with Crippen LogP contribution in [0.4, 0.5) is 0 Å². The van der Waals surface area contributed by atoms with Crippen molar-refractivity contribution in [3.63, 3.8) is 0 Å². The summed E-state index contributed by atoms with van der Waals surface area (Å²) in [5, 5.41) is 4.47. The van der Waals surface area contributed by atoms with Crippen LogP contribution in [-0.2, 0) is 5.41 Å². The highest BCUT2D eigenvalue weighted by atomic mass is 16.5. The van der Waals surface area contributed by atoms with Crippen molar-refractivity contribution in [2.24, 2.45) is 5.73 Å². The number of methoxy groups -OCH3 is 1. The summed E-state index contributed by atoms with van der Waals surface area (Å²) in [4.78, 5) is 4.54. The maximum atomic E-state index is 5.77. The Morgan fingerprint density at radius 2 is 2.38 bits per heavy atom. The quantitative estimate of drug-likeness (QED) is 0.824. The first-order valence-electron chi connectivity index (χ1n) is 5.39. The molecule has 0 bridgehead atoms. The zero-order valence-electron chi connectivity index (χ0n) is 9.18. The van der Waals surface area contributed by atoms with Crippen LogP contribution in [0.25, 0.3) is 5.65 Å². The molecule has 0 aliphatic heterocycles. The fourth-order valence-corrected chi connectivity index (χ4v) is 1.94. The molecule has 2 aromatic heterocycles. The molecule has 0 radical (unpaired) electrons. The summed E-state index contributed by atoms with van der Waals surface area (Å²) >= 11 is 0. The van der Waals surface area contributed by atoms with Crippen LogP contribution in [0.5, 0.6) is 5.75 Å². The molecule has 0 atom stereocenters. The fraction of sp³-hybridized carbons (Fsp3) is 0.455. The Balaban J connectivity index is 2.16. The van der Waals surface area contributed by atoms with E-state index in [1.807, 2.05) is 18.3 Å². The van der Waals surface area contributed by atoms with E-state index < -0.39 is 0 Å². The van der Waals surface area contributed by atoms with E-state index in [1.54, 1.807) is 11.6 Å². The molecule has 16 heavy (non-hydrogen) atoms. The molecule has 0 saturated heterocycles. The molecule has 1 aliphatic rings. The van der Waals surface area contributed by atoms with E-state index in [-0.39, 0.29) is 5.41 Å². The molecular weight excluding hydrogens is 204 g/mol. The fourth-order valence-electron chi connectivity index (χ4n) is 1.94. The van der Waals surface area contributed by atoms with E-state index in [9.17, 15) is 0 Å². The Morgan fingerprint density at radius 1 is 1.56 bits per heavy atom. The lowest BCUT2D eigenvalue weighted by molar-refractivity contribution is 0.416. The van der Waals surface area contributed by atoms with Crippen molar-refractivity contribution in [1.82, 2.24) is 14.6 Å². The van der Waals surface area contributed by atoms with Crippen LogP contribution in [0, 0.1) is 0 Å². The molecule has 0 aromatic carbocycles. The number of nitrogens with two attached hydrogens (primary N) is 1. The predicted octanol–water partition coefficient (Wildman–Crippen LogP) is 0.728. The highest BCUT2D eigenvalue weighted by Crippen LogP contribution is 2.45. The second-order valence-corrected chi connectivity index (χ2v) is 4.26. The summed E-state index contributed by atoms with van der Waals surface area (Å²) in [6.45, 7) is 0.617. The van der Waals surface area contributed by atoms with E-state index >= 15 is 0 Å². The van der Waals surface area contributed by atoms with Crippen molar-refractivity contribution in [3.05, 3.63) is 24.2 Å². The standard InChI is InChI=1S/C11H14N4O/c1-16-8-3-2-6-15-9(8)13-10(14-15)11(7-12)4-5-11/h2-3,6H,4-5,7,12H2,1H3. The second-order valence-electron chi connectivity index (χ2n) is 4.26. The average molecular weight is 218 g/mol. The van der Waals surface area contributed by atoms with Crippen LogP contribution in [0.15, 0.2) is 18.3 Å². The van der Waals surface area contributed by atoms with Gasteiger partial charge in [0.1, 0.15) is 0 Å². The largest absolute Gasteiger partial charge is 0.493 e. The van der Waals surface area contributed by atoms with Gasteiger partial charge in [-0.2, -0.15) is 5.10 Å². The molecule has 3 rings (SSSR count). The molecular formula is C11H14N4O. The Kier molecular flexibility index (Phi) is 1.91. The van der Waals surface area contributed by atoms with Crippen LogP contribution >= 0.6 is 0 Å². The van der Waals surface area contributed by atoms with E-state index in [2.05, 4.69) is 10.1 Å². The third-order valence-corrected chi connectivity index (χ3v) is 3.27. The molecule has 1 aliphatic carbocycles. The lowest BCUT2D eigenvalue weighted by atomic mass is 10.1. The molecule has 1 fully saturated rings. The summed E-state index contributed by atoms with van der Waals surface area (Å²) < 4.78 is 7.01. The van der Waals surface area contributed by atoms with E-state index in [0.717, 1.165) is 30.1 Å². The Labute approximate surface area is 93.2 Å². The highest BCUT2D eigenvalue weighted by molar-refractivity contribution is 5.53. The number of pyridine rings is 1. The van der Waals surface area contributed by atoms with Crippen molar-refractivity contribution in [2.45, 2.75) is 18.3 Å². The molecule has 0 amide bonds. The summed E-state index contributed by atoms with van der Waals surface area (Å²) in [5.74, 6) is 1.59. The van der Waals surface area contributed by atoms with Crippen molar-refractivity contribution in [1.29, 1.82) is 0 Å². The third kappa shape index (κ3) is 1.21. The van der Waals surface area contributed by atoms with Crippen molar-refractivity contribution >= 4 is 5.65 Å². The van der Waals surface area contributed by atoms with Gasteiger partial charge in [0.2, 0.25) is 0 Å². The predicted molar refractivity (Wildman–Crippen MR) is 59.5 cm³/mol. The number of fused-ring (bicyclic) bond motifs is 1. The van der Waals surface area contributed by atoms with Crippen LogP contribution in [-0.4, -0.2) is 28.3 Å². The summed E-state index contributed by atoms with van der Waals surface area (Å²) in [5.41, 5.74) is 6.56. The minimum atomic E-state index is 0.0248. The lowest BCUT2D eigenvalue weighted by Gasteiger charge is -2.04. The molecule has 5 nitrogen and oxygen atoms in total. The van der Waals surface area contributed by atoms with Gasteiger partial charge in [0.15, 0.2) is 17.2 Å². The molecule has 2 aromatic rings. The maximum Gasteiger partial charge on any atom is 0.198 e. The van der Waals surface area contributed by atoms with E-state index in [1.165, 1.54) is 0 Å². The van der Waals surface area contributed by atoms with Gasteiger partial charge in [-0.1, -0.05) is 0 Å². The SMILES string of the molecule is COc1cccn2nc(C3(CN)CC3)nc12. The lowest BCUT2D eigenvalue weighted by Crippen LogP contribution is -2.21. The first-order chi connectivity index (χ1) is 7.79. The van der Waals surface area contributed by atoms with Gasteiger partial charge in [0.05, 0.1) is 7.11 Å². The van der Waals surface area contributed by atoms with Gasteiger partial charge < -0.3 is 10.5 Å². The Hall–Kier alpha value is -1.62. The summed E-state index contributed by atoms with van der Waals surface area (Å²) in [6.07, 6.45) is 4.05. The number of aromatic nitrogens is 3. The van der Waals surface area contributed by atoms with Crippen LogP contribution < -0.4 is 10.5 Å². The van der Waals surface area contributed by atoms with E-state index in [0.29, 0.717) is 6.54 Å². The molecule has 84 valence electrons. The summed E-state index contributed by atoms with van der Waals surface area (Å²) in [7, 11) is 1.64. The third-order valence-electron chi connectivity index (χ3n) is 3.27. The molecule has 1 saturated carbocycles. The second kappa shape index (κ2) is 3.18. The van der Waals surface area contributed by atoms with Crippen LogP contribution in [0.2, 0.25) is 0 Å². The van der Waals surface area contributed by atoms with Gasteiger partial charge in [-0.25, -0.2) is 9.50 Å². The minimum absolute atomic E-state index is 0.0248. The molecule has 0 unspecified atom stereocenters. The molecule has 0 spiro atoms. The van der Waals surface area contributed by atoms with Gasteiger partial charge >= 0.3 is 0 Å². The number of nitrogens with zero attached hydrogens (tertiary/aromatic N) is 3. The van der Waals surface area contributed by atoms with Crippen molar-refractivity contribution in [3.8, 4) is 5.75 Å². The first-order valence-corrected chi connectivity index (χ1v) is 5.39. The zero-order chi connectivity index (χ0) is 11.2. The summed E-state index contributed by atoms with van der Waals surface area (Å²) in [6, 6.07) is 3.78. The minimum Gasteiger partial charge on any atom is -0.493 e. The average Bonchev–Trinajstić information content (AvgIpc) is 3.00. The van der Waals surface area contributed by atoms with E-state index in [4.69, 9.17) is 10.5 Å². The van der Waals surface area contributed by atoms with Crippen molar-refractivity contribution < 1.29 is 4.74 Å². The Morgan fingerprint density at radius 3 is 3.00 bits per heavy atom.